The summed E-state index contributed by atoms with van der Waals surface area (Å²) in [7, 11) is 0. The number of ether oxygens (including phenoxy) is 4. The summed E-state index contributed by atoms with van der Waals surface area (Å²) in [5, 5.41) is 87.3. The first-order valence-electron chi connectivity index (χ1n) is 33.6. The molecule has 2 aliphatic rings. The first-order chi connectivity index (χ1) is 39.1. The third-order valence-electron chi connectivity index (χ3n) is 16.6. The number of rotatable bonds is 55. The lowest BCUT2D eigenvalue weighted by molar-refractivity contribution is -0.359. The molecule has 0 radical (unpaired) electrons. The molecule has 0 bridgehead atoms. The lowest BCUT2D eigenvalue weighted by atomic mass is 9.97. The Morgan fingerprint density at radius 1 is 0.438 bits per heavy atom. The Bertz CT molecular complexity index is 1440. The van der Waals surface area contributed by atoms with Gasteiger partial charge in [-0.15, -0.1) is 0 Å². The van der Waals surface area contributed by atoms with Crippen LogP contribution in [0.5, 0.6) is 0 Å². The molecule has 2 aliphatic heterocycles. The Balaban J connectivity index is 1.71. The lowest BCUT2D eigenvalue weighted by Crippen LogP contribution is -2.65. The molecule has 14 nitrogen and oxygen atoms in total. The van der Waals surface area contributed by atoms with E-state index in [-0.39, 0.29) is 18.9 Å². The number of carbonyl (C=O) groups excluding carboxylic acids is 1. The van der Waals surface area contributed by atoms with E-state index < -0.39 is 86.8 Å². The molecule has 0 saturated carbocycles. The van der Waals surface area contributed by atoms with Gasteiger partial charge in [0.25, 0.3) is 0 Å². The molecule has 472 valence electrons. The average Bonchev–Trinajstić information content (AvgIpc) is 3.46. The summed E-state index contributed by atoms with van der Waals surface area (Å²) in [4.78, 5) is 13.3. The van der Waals surface area contributed by atoms with Crippen LogP contribution in [0.25, 0.3) is 0 Å². The van der Waals surface area contributed by atoms with Crippen LogP contribution in [0.2, 0.25) is 0 Å². The summed E-state index contributed by atoms with van der Waals surface area (Å²) in [6.45, 7) is 2.83. The highest BCUT2D eigenvalue weighted by atomic mass is 16.7. The topological polar surface area (TPSA) is 228 Å². The second-order valence-corrected chi connectivity index (χ2v) is 24.0. The van der Waals surface area contributed by atoms with E-state index >= 15 is 0 Å². The zero-order valence-electron chi connectivity index (χ0n) is 51.1. The van der Waals surface area contributed by atoms with E-state index in [9.17, 15) is 45.6 Å². The van der Waals surface area contributed by atoms with Crippen LogP contribution in [0.15, 0.2) is 24.3 Å². The minimum absolute atomic E-state index is 0.243. The van der Waals surface area contributed by atoms with Gasteiger partial charge in [0, 0.05) is 6.42 Å². The molecule has 2 saturated heterocycles. The number of aliphatic hydroxyl groups is 8. The van der Waals surface area contributed by atoms with Crippen molar-refractivity contribution in [1.82, 2.24) is 5.32 Å². The van der Waals surface area contributed by atoms with Gasteiger partial charge in [-0.1, -0.05) is 282 Å². The molecule has 0 aromatic carbocycles. The van der Waals surface area contributed by atoms with Crippen LogP contribution in [-0.4, -0.2) is 140 Å². The molecule has 12 atom stereocenters. The summed E-state index contributed by atoms with van der Waals surface area (Å²) in [6.07, 6.45) is 46.6. The monoisotopic (exact) mass is 1140 g/mol. The second kappa shape index (κ2) is 51.9. The first kappa shape index (κ1) is 74.6. The first-order valence-corrected chi connectivity index (χ1v) is 33.6. The van der Waals surface area contributed by atoms with Crippen molar-refractivity contribution in [3.63, 3.8) is 0 Å². The minimum atomic E-state index is -1.79. The number of nitrogens with one attached hydrogen (secondary N) is 1. The van der Waals surface area contributed by atoms with E-state index in [1.807, 2.05) is 6.08 Å². The number of allylic oxidation sites excluding steroid dienone is 3. The number of unbranched alkanes of at least 4 members (excludes halogenated alkanes) is 40. The van der Waals surface area contributed by atoms with E-state index in [2.05, 4.69) is 31.3 Å². The predicted octanol–water partition coefficient (Wildman–Crippen LogP) is 12.8. The van der Waals surface area contributed by atoms with Crippen LogP contribution >= 0.6 is 0 Å². The smallest absolute Gasteiger partial charge is 0.220 e. The van der Waals surface area contributed by atoms with E-state index in [1.54, 1.807) is 6.08 Å². The highest BCUT2D eigenvalue weighted by Crippen LogP contribution is 2.30. The second-order valence-electron chi connectivity index (χ2n) is 24.0. The highest BCUT2D eigenvalue weighted by molar-refractivity contribution is 5.76. The van der Waals surface area contributed by atoms with Crippen molar-refractivity contribution in [1.29, 1.82) is 0 Å². The number of carbonyl (C=O) groups is 1. The number of hydrogen-bond acceptors (Lipinski definition) is 13. The lowest BCUT2D eigenvalue weighted by Gasteiger charge is -2.46. The molecule has 1 amide bonds. The van der Waals surface area contributed by atoms with E-state index in [0.717, 1.165) is 32.1 Å². The molecule has 0 aliphatic carbocycles. The van der Waals surface area contributed by atoms with Crippen LogP contribution in [0.4, 0.5) is 0 Å². The van der Waals surface area contributed by atoms with Crippen molar-refractivity contribution in [2.45, 2.75) is 370 Å². The molecule has 2 rings (SSSR count). The van der Waals surface area contributed by atoms with E-state index in [0.29, 0.717) is 12.8 Å². The minimum Gasteiger partial charge on any atom is -0.394 e. The van der Waals surface area contributed by atoms with Crippen LogP contribution in [0.3, 0.4) is 0 Å². The molecular weight excluding hydrogens is 1010 g/mol. The van der Waals surface area contributed by atoms with Gasteiger partial charge in [0.2, 0.25) is 5.91 Å². The Morgan fingerprint density at radius 3 is 1.23 bits per heavy atom. The van der Waals surface area contributed by atoms with Gasteiger partial charge in [-0.25, -0.2) is 0 Å². The Morgan fingerprint density at radius 2 is 0.800 bits per heavy atom. The van der Waals surface area contributed by atoms with Gasteiger partial charge < -0.3 is 65.1 Å². The summed E-state index contributed by atoms with van der Waals surface area (Å²) in [5.74, 6) is -0.243. The van der Waals surface area contributed by atoms with Gasteiger partial charge in [-0.05, 0) is 32.1 Å². The summed E-state index contributed by atoms with van der Waals surface area (Å²) < 4.78 is 22.8. The molecular formula is C66H125NO13. The maximum atomic E-state index is 13.3. The fourth-order valence-electron chi connectivity index (χ4n) is 11.3. The maximum Gasteiger partial charge on any atom is 0.220 e. The Kier molecular flexibility index (Phi) is 48.3. The molecule has 2 fully saturated rings. The van der Waals surface area contributed by atoms with Crippen LogP contribution in [0.1, 0.15) is 296 Å². The van der Waals surface area contributed by atoms with Gasteiger partial charge in [0.05, 0.1) is 32.0 Å². The summed E-state index contributed by atoms with van der Waals surface area (Å²) in [6, 6.07) is -0.928. The van der Waals surface area contributed by atoms with Gasteiger partial charge in [-0.2, -0.15) is 0 Å². The zero-order valence-corrected chi connectivity index (χ0v) is 51.1. The van der Waals surface area contributed by atoms with Crippen molar-refractivity contribution in [3.05, 3.63) is 24.3 Å². The van der Waals surface area contributed by atoms with Crippen molar-refractivity contribution >= 4 is 5.91 Å². The molecule has 0 spiro atoms. The molecule has 2 heterocycles. The molecule has 0 aromatic rings. The van der Waals surface area contributed by atoms with Crippen LogP contribution in [0, 0.1) is 0 Å². The van der Waals surface area contributed by atoms with Crippen molar-refractivity contribution in [3.8, 4) is 0 Å². The number of aliphatic hydroxyl groups excluding tert-OH is 8. The average molecular weight is 1140 g/mol. The summed E-state index contributed by atoms with van der Waals surface area (Å²) in [5.41, 5.74) is 0. The van der Waals surface area contributed by atoms with Gasteiger partial charge in [0.15, 0.2) is 12.6 Å². The van der Waals surface area contributed by atoms with Crippen molar-refractivity contribution < 1.29 is 64.6 Å². The Hall–Kier alpha value is -1.53. The fraction of sp³-hybridized carbons (Fsp3) is 0.924. The van der Waals surface area contributed by atoms with Crippen molar-refractivity contribution in [2.75, 3.05) is 19.8 Å². The molecule has 9 N–H and O–H groups in total. The van der Waals surface area contributed by atoms with Gasteiger partial charge in [0.1, 0.15) is 48.8 Å². The molecule has 0 aromatic heterocycles. The number of hydrogen-bond donors (Lipinski definition) is 9. The molecule has 12 unspecified atom stereocenters. The van der Waals surface area contributed by atoms with E-state index in [4.69, 9.17) is 18.9 Å². The Labute approximate surface area is 488 Å². The standard InChI is InChI=1S/C66H125NO13/c1-3-5-7-9-11-13-15-17-19-21-23-24-25-26-27-28-29-30-31-32-33-35-37-39-41-43-45-47-49-55(70)54(67-58(71)50-48-46-44-42-40-38-36-34-22-20-18-16-14-12-10-8-6-4-2)53-77-65-63(76)61(74)64(57(52-69)79-65)80-66-62(75)60(73)59(72)56(51-68)78-66/h39,41,47,49,54-57,59-66,68-70,72-76H,3-38,40,42-46,48,50-53H2,1-2H3,(H,67,71)/b41-39+,49-47+. The summed E-state index contributed by atoms with van der Waals surface area (Å²) >= 11 is 0. The normalized spacial score (nSPS) is 24.3. The highest BCUT2D eigenvalue weighted by Gasteiger charge is 2.51. The molecule has 14 heteroatoms. The van der Waals surface area contributed by atoms with Crippen LogP contribution < -0.4 is 5.32 Å². The van der Waals surface area contributed by atoms with Gasteiger partial charge in [-0.3, -0.25) is 4.79 Å². The van der Waals surface area contributed by atoms with Crippen molar-refractivity contribution in [2.24, 2.45) is 0 Å². The maximum absolute atomic E-state index is 13.3. The van der Waals surface area contributed by atoms with Crippen LogP contribution in [-0.2, 0) is 23.7 Å². The zero-order chi connectivity index (χ0) is 58.1. The SMILES string of the molecule is CCCCCCCCCCCCCCCCCCCCCCCC/C=C/CC/C=C/C(O)C(COC1OC(CO)C(OC2OC(CO)C(O)C(O)C2O)C(O)C1O)NC(=O)CCCCCCCCCCCCCCCCCCCC. The van der Waals surface area contributed by atoms with Gasteiger partial charge >= 0.3 is 0 Å². The third kappa shape index (κ3) is 36.3. The fourth-order valence-corrected chi connectivity index (χ4v) is 11.3. The van der Waals surface area contributed by atoms with E-state index in [1.165, 1.54) is 231 Å². The predicted molar refractivity (Wildman–Crippen MR) is 323 cm³/mol. The quantitative estimate of drug-likeness (QED) is 0.0204. The third-order valence-corrected chi connectivity index (χ3v) is 16.6. The number of amides is 1. The molecule has 80 heavy (non-hydrogen) atoms. The largest absolute Gasteiger partial charge is 0.394 e.